The number of hydrogen-bond donors (Lipinski definition) is 1. The third-order valence-electron chi connectivity index (χ3n) is 4.54. The van der Waals surface area contributed by atoms with E-state index in [-0.39, 0.29) is 10.8 Å². The molecule has 5 nitrogen and oxygen atoms in total. The van der Waals surface area contributed by atoms with E-state index in [2.05, 4.69) is 27.3 Å². The number of nitrogens with one attached hydrogen (secondary N) is 1. The van der Waals surface area contributed by atoms with Crippen molar-refractivity contribution in [2.45, 2.75) is 29.6 Å². The van der Waals surface area contributed by atoms with Gasteiger partial charge in [-0.3, -0.25) is 9.52 Å². The maximum Gasteiger partial charge on any atom is 0.261 e. The minimum atomic E-state index is -3.79. The third-order valence-corrected chi connectivity index (χ3v) is 7.37. The molecule has 8 heteroatoms. The second kappa shape index (κ2) is 8.40. The summed E-state index contributed by atoms with van der Waals surface area (Å²) < 4.78 is 29.5. The first-order valence-corrected chi connectivity index (χ1v) is 12.4. The highest BCUT2D eigenvalue weighted by atomic mass is 127. The van der Waals surface area contributed by atoms with Crippen molar-refractivity contribution in [3.8, 4) is 0 Å². The number of rotatable bonds is 5. The van der Waals surface area contributed by atoms with Gasteiger partial charge >= 0.3 is 0 Å². The van der Waals surface area contributed by atoms with Gasteiger partial charge in [0.2, 0.25) is 0 Å². The Labute approximate surface area is 178 Å². The number of halogens is 1. The molecule has 1 N–H and O–H groups in total. The number of anilines is 1. The van der Waals surface area contributed by atoms with Crippen LogP contribution in [0.5, 0.6) is 0 Å². The fraction of sp³-hybridized carbons (Fsp3) is 0.316. The number of benzene rings is 2. The standard InChI is InChI=1S/C19H21IN2O3S2/c1-13-11-14(20)5-7-17(13)21-27(24,25)15-6-8-18(26-2)16(12-15)19(23)22-9-3-4-10-22/h5-8,11-12,21H,3-4,9-10H2,1-2H3. The summed E-state index contributed by atoms with van der Waals surface area (Å²) in [5, 5.41) is 0. The van der Waals surface area contributed by atoms with Gasteiger partial charge in [0.05, 0.1) is 16.1 Å². The van der Waals surface area contributed by atoms with Crippen molar-refractivity contribution in [3.05, 3.63) is 51.1 Å². The average Bonchev–Trinajstić information content (AvgIpc) is 3.17. The van der Waals surface area contributed by atoms with Gasteiger partial charge in [-0.05, 0) is 90.6 Å². The Morgan fingerprint density at radius 3 is 2.48 bits per heavy atom. The lowest BCUT2D eigenvalue weighted by Crippen LogP contribution is -2.28. The topological polar surface area (TPSA) is 66.5 Å². The Bertz CT molecular complexity index is 971. The average molecular weight is 516 g/mol. The first-order valence-electron chi connectivity index (χ1n) is 8.58. The fourth-order valence-corrected chi connectivity index (χ4v) is 5.43. The number of carbonyl (C=O) groups excluding carboxylic acids is 1. The van der Waals surface area contributed by atoms with Crippen LogP contribution in [0.15, 0.2) is 46.2 Å². The van der Waals surface area contributed by atoms with Crippen molar-refractivity contribution in [3.63, 3.8) is 0 Å². The highest BCUT2D eigenvalue weighted by Gasteiger charge is 2.24. The van der Waals surface area contributed by atoms with Gasteiger partial charge in [-0.1, -0.05) is 0 Å². The summed E-state index contributed by atoms with van der Waals surface area (Å²) in [6, 6.07) is 10.3. The molecule has 0 aromatic heterocycles. The summed E-state index contributed by atoms with van der Waals surface area (Å²) in [6.07, 6.45) is 3.87. The van der Waals surface area contributed by atoms with E-state index >= 15 is 0 Å². The zero-order valence-corrected chi connectivity index (χ0v) is 18.9. The van der Waals surface area contributed by atoms with E-state index in [9.17, 15) is 13.2 Å². The van der Waals surface area contributed by atoms with Crippen molar-refractivity contribution in [1.82, 2.24) is 4.90 Å². The second-order valence-electron chi connectivity index (χ2n) is 6.43. The van der Waals surface area contributed by atoms with Crippen LogP contribution in [0.4, 0.5) is 5.69 Å². The smallest absolute Gasteiger partial charge is 0.261 e. The number of nitrogens with zero attached hydrogens (tertiary/aromatic N) is 1. The number of amides is 1. The maximum atomic E-state index is 12.9. The molecule has 0 bridgehead atoms. The van der Waals surface area contributed by atoms with Crippen molar-refractivity contribution in [1.29, 1.82) is 0 Å². The molecule has 0 unspecified atom stereocenters. The molecule has 1 fully saturated rings. The Morgan fingerprint density at radius 2 is 1.85 bits per heavy atom. The first-order chi connectivity index (χ1) is 12.8. The number of thioether (sulfide) groups is 1. The Morgan fingerprint density at radius 1 is 1.15 bits per heavy atom. The predicted molar refractivity (Wildman–Crippen MR) is 118 cm³/mol. The van der Waals surface area contributed by atoms with Crippen LogP contribution in [0.25, 0.3) is 0 Å². The molecule has 1 saturated heterocycles. The summed E-state index contributed by atoms with van der Waals surface area (Å²) in [7, 11) is -3.79. The van der Waals surface area contributed by atoms with E-state index in [4.69, 9.17) is 0 Å². The van der Waals surface area contributed by atoms with Gasteiger partial charge in [-0.15, -0.1) is 11.8 Å². The van der Waals surface area contributed by atoms with Gasteiger partial charge in [0, 0.05) is 21.6 Å². The van der Waals surface area contributed by atoms with Gasteiger partial charge in [0.25, 0.3) is 15.9 Å². The van der Waals surface area contributed by atoms with E-state index in [1.165, 1.54) is 17.8 Å². The van der Waals surface area contributed by atoms with Crippen LogP contribution in [-0.2, 0) is 10.0 Å². The van der Waals surface area contributed by atoms with Crippen molar-refractivity contribution in [2.24, 2.45) is 0 Å². The van der Waals surface area contributed by atoms with E-state index < -0.39 is 10.0 Å². The lowest BCUT2D eigenvalue weighted by atomic mass is 10.2. The third kappa shape index (κ3) is 4.60. The second-order valence-corrected chi connectivity index (χ2v) is 10.2. The van der Waals surface area contributed by atoms with Gasteiger partial charge in [0.15, 0.2) is 0 Å². The van der Waals surface area contributed by atoms with E-state index in [0.29, 0.717) is 11.3 Å². The first kappa shape index (κ1) is 20.5. The van der Waals surface area contributed by atoms with Crippen LogP contribution < -0.4 is 4.72 Å². The minimum absolute atomic E-state index is 0.0978. The molecule has 2 aromatic rings. The summed E-state index contributed by atoms with van der Waals surface area (Å²) >= 11 is 3.63. The largest absolute Gasteiger partial charge is 0.339 e. The SMILES string of the molecule is CSc1ccc(S(=O)(=O)Nc2ccc(I)cc2C)cc1C(=O)N1CCCC1. The van der Waals surface area contributed by atoms with Crippen LogP contribution in [-0.4, -0.2) is 38.6 Å². The molecule has 2 aromatic carbocycles. The number of carbonyl (C=O) groups is 1. The summed E-state index contributed by atoms with van der Waals surface area (Å²) in [4.78, 5) is 15.5. The lowest BCUT2D eigenvalue weighted by molar-refractivity contribution is 0.0789. The molecule has 0 atom stereocenters. The summed E-state index contributed by atoms with van der Waals surface area (Å²) in [5.74, 6) is -0.0978. The molecular formula is C19H21IN2O3S2. The molecule has 0 radical (unpaired) electrons. The van der Waals surface area contributed by atoms with Crippen molar-refractivity contribution < 1.29 is 13.2 Å². The minimum Gasteiger partial charge on any atom is -0.339 e. The highest BCUT2D eigenvalue weighted by molar-refractivity contribution is 14.1. The molecule has 27 heavy (non-hydrogen) atoms. The molecule has 0 saturated carbocycles. The summed E-state index contributed by atoms with van der Waals surface area (Å²) in [6.45, 7) is 3.31. The molecule has 1 heterocycles. The lowest BCUT2D eigenvalue weighted by Gasteiger charge is -2.18. The molecular weight excluding hydrogens is 495 g/mol. The van der Waals surface area contributed by atoms with E-state index in [0.717, 1.165) is 40.0 Å². The van der Waals surface area contributed by atoms with Crippen LogP contribution >= 0.6 is 34.4 Å². The predicted octanol–water partition coefficient (Wildman–Crippen LogP) is 4.36. The van der Waals surface area contributed by atoms with Crippen LogP contribution in [0.1, 0.15) is 28.8 Å². The van der Waals surface area contributed by atoms with Gasteiger partial charge in [-0.25, -0.2) is 8.42 Å². The molecule has 0 aliphatic carbocycles. The maximum absolute atomic E-state index is 12.9. The Hall–Kier alpha value is -1.26. The quantitative estimate of drug-likeness (QED) is 0.474. The molecule has 1 amide bonds. The number of likely N-dealkylation sites (tertiary alicyclic amines) is 1. The number of hydrogen-bond acceptors (Lipinski definition) is 4. The number of aryl methyl sites for hydroxylation is 1. The Balaban J connectivity index is 1.95. The molecule has 3 rings (SSSR count). The molecule has 0 spiro atoms. The highest BCUT2D eigenvalue weighted by Crippen LogP contribution is 2.28. The molecule has 1 aliphatic heterocycles. The van der Waals surface area contributed by atoms with Crippen molar-refractivity contribution >= 4 is 56.0 Å². The van der Waals surface area contributed by atoms with E-state index in [1.54, 1.807) is 23.1 Å². The zero-order chi connectivity index (χ0) is 19.6. The Kier molecular flexibility index (Phi) is 6.37. The molecule has 144 valence electrons. The van der Waals surface area contributed by atoms with Gasteiger partial charge in [-0.2, -0.15) is 0 Å². The van der Waals surface area contributed by atoms with E-state index in [1.807, 2.05) is 25.3 Å². The zero-order valence-electron chi connectivity index (χ0n) is 15.2. The van der Waals surface area contributed by atoms with Crippen LogP contribution in [0.2, 0.25) is 0 Å². The normalized spacial score (nSPS) is 14.4. The summed E-state index contributed by atoms with van der Waals surface area (Å²) in [5.41, 5.74) is 1.84. The monoisotopic (exact) mass is 516 g/mol. The molecule has 1 aliphatic rings. The fourth-order valence-electron chi connectivity index (χ4n) is 3.06. The number of sulfonamides is 1. The van der Waals surface area contributed by atoms with Crippen LogP contribution in [0, 0.1) is 10.5 Å². The van der Waals surface area contributed by atoms with Gasteiger partial charge < -0.3 is 4.90 Å². The van der Waals surface area contributed by atoms with Gasteiger partial charge in [0.1, 0.15) is 0 Å². The van der Waals surface area contributed by atoms with Crippen LogP contribution in [0.3, 0.4) is 0 Å². The van der Waals surface area contributed by atoms with Crippen molar-refractivity contribution in [2.75, 3.05) is 24.1 Å².